The molecule has 0 fully saturated rings. The van der Waals surface area contributed by atoms with Gasteiger partial charge in [0.05, 0.1) is 5.02 Å². The number of benzene rings is 2. The van der Waals surface area contributed by atoms with Gasteiger partial charge in [-0.05, 0) is 55.3 Å². The van der Waals surface area contributed by atoms with E-state index in [1.165, 1.54) is 24.0 Å². The number of nitrogens with zero attached hydrogens (tertiary/aromatic N) is 1. The van der Waals surface area contributed by atoms with Crippen molar-refractivity contribution in [1.29, 1.82) is 0 Å². The van der Waals surface area contributed by atoms with Crippen molar-refractivity contribution in [2.75, 3.05) is 16.8 Å². The molecule has 0 bridgehead atoms. The average molecular weight is 349 g/mol. The number of rotatable bonds is 4. The number of hydrogen-bond acceptors (Lipinski definition) is 2. The molecule has 0 aromatic heterocycles. The molecule has 2 aromatic carbocycles. The van der Waals surface area contributed by atoms with Crippen molar-refractivity contribution in [1.82, 2.24) is 0 Å². The molecule has 24 heavy (non-hydrogen) atoms. The first-order valence-electron chi connectivity index (χ1n) is 7.38. The van der Waals surface area contributed by atoms with Crippen LogP contribution in [0.15, 0.2) is 36.4 Å². The Morgan fingerprint density at radius 2 is 1.83 bits per heavy atom. The minimum absolute atomic E-state index is 0.103. The zero-order valence-electron chi connectivity index (χ0n) is 13.7. The van der Waals surface area contributed by atoms with Crippen LogP contribution < -0.4 is 10.2 Å². The number of hydrogen-bond donors (Lipinski definition) is 1. The van der Waals surface area contributed by atoms with Crippen LogP contribution in [-0.4, -0.2) is 18.4 Å². The summed E-state index contributed by atoms with van der Waals surface area (Å²) in [5.74, 6) is -1.27. The zero-order valence-corrected chi connectivity index (χ0v) is 14.4. The molecule has 2 aromatic rings. The maximum atomic E-state index is 13.3. The molecular weight excluding hydrogens is 331 g/mol. The van der Waals surface area contributed by atoms with E-state index < -0.39 is 5.82 Å². The zero-order chi connectivity index (χ0) is 17.9. The van der Waals surface area contributed by atoms with Gasteiger partial charge >= 0.3 is 0 Å². The van der Waals surface area contributed by atoms with Crippen molar-refractivity contribution >= 4 is 34.8 Å². The van der Waals surface area contributed by atoms with Gasteiger partial charge in [0, 0.05) is 18.3 Å². The number of nitrogens with one attached hydrogen (secondary N) is 1. The van der Waals surface area contributed by atoms with Crippen molar-refractivity contribution in [3.8, 4) is 0 Å². The largest absolute Gasteiger partial charge is 0.325 e. The summed E-state index contributed by atoms with van der Waals surface area (Å²) in [4.78, 5) is 25.3. The number of anilines is 2. The van der Waals surface area contributed by atoms with Crippen LogP contribution in [0.3, 0.4) is 0 Å². The summed E-state index contributed by atoms with van der Waals surface area (Å²) < 4.78 is 13.3. The van der Waals surface area contributed by atoms with Crippen LogP contribution in [0.4, 0.5) is 15.8 Å². The van der Waals surface area contributed by atoms with Gasteiger partial charge in [0.2, 0.25) is 11.8 Å². The maximum absolute atomic E-state index is 13.3. The smallest absolute Gasteiger partial charge is 0.244 e. The van der Waals surface area contributed by atoms with E-state index in [9.17, 15) is 14.0 Å². The van der Waals surface area contributed by atoms with Crippen molar-refractivity contribution in [2.45, 2.75) is 20.8 Å². The predicted octanol–water partition coefficient (Wildman–Crippen LogP) is 4.09. The van der Waals surface area contributed by atoms with E-state index in [4.69, 9.17) is 11.6 Å². The molecule has 0 radical (unpaired) electrons. The van der Waals surface area contributed by atoms with E-state index in [1.54, 1.807) is 6.07 Å². The third kappa shape index (κ3) is 4.32. The second kappa shape index (κ2) is 7.45. The lowest BCUT2D eigenvalue weighted by Crippen LogP contribution is -2.36. The molecule has 0 spiro atoms. The fourth-order valence-electron chi connectivity index (χ4n) is 2.20. The normalized spacial score (nSPS) is 10.4. The second-order valence-corrected chi connectivity index (χ2v) is 5.96. The van der Waals surface area contributed by atoms with Crippen LogP contribution >= 0.6 is 11.6 Å². The quantitative estimate of drug-likeness (QED) is 0.904. The molecular formula is C18H18ClFN2O2. The average Bonchev–Trinajstić information content (AvgIpc) is 2.51. The molecule has 0 atom stereocenters. The fraction of sp³-hybridized carbons (Fsp3) is 0.222. The SMILES string of the molecule is CC(=O)N(CC(=O)Nc1ccc(C)c(C)c1)c1ccc(F)c(Cl)c1. The molecule has 4 nitrogen and oxygen atoms in total. The lowest BCUT2D eigenvalue weighted by atomic mass is 10.1. The molecule has 2 rings (SSSR count). The highest BCUT2D eigenvalue weighted by atomic mass is 35.5. The first-order chi connectivity index (χ1) is 11.3. The van der Waals surface area contributed by atoms with Crippen molar-refractivity contribution in [3.05, 3.63) is 58.4 Å². The molecule has 2 amide bonds. The van der Waals surface area contributed by atoms with Gasteiger partial charge in [-0.1, -0.05) is 17.7 Å². The highest BCUT2D eigenvalue weighted by molar-refractivity contribution is 6.31. The van der Waals surface area contributed by atoms with Gasteiger partial charge in [0.1, 0.15) is 12.4 Å². The molecule has 0 saturated heterocycles. The van der Waals surface area contributed by atoms with Gasteiger partial charge in [-0.3, -0.25) is 9.59 Å². The molecule has 0 aliphatic rings. The van der Waals surface area contributed by atoms with E-state index in [-0.39, 0.29) is 23.4 Å². The van der Waals surface area contributed by atoms with E-state index in [0.29, 0.717) is 11.4 Å². The Bertz CT molecular complexity index is 793. The molecule has 0 heterocycles. The van der Waals surface area contributed by atoms with Crippen LogP contribution in [0.1, 0.15) is 18.1 Å². The topological polar surface area (TPSA) is 49.4 Å². The van der Waals surface area contributed by atoms with Crippen LogP contribution in [-0.2, 0) is 9.59 Å². The number of halogens is 2. The summed E-state index contributed by atoms with van der Waals surface area (Å²) in [5, 5.41) is 2.65. The molecule has 126 valence electrons. The molecule has 0 aliphatic heterocycles. The van der Waals surface area contributed by atoms with E-state index >= 15 is 0 Å². The Kier molecular flexibility index (Phi) is 5.57. The third-order valence-electron chi connectivity index (χ3n) is 3.69. The third-order valence-corrected chi connectivity index (χ3v) is 3.98. The summed E-state index contributed by atoms with van der Waals surface area (Å²) in [7, 11) is 0. The summed E-state index contributed by atoms with van der Waals surface area (Å²) in [6.45, 7) is 5.08. The van der Waals surface area contributed by atoms with Crippen molar-refractivity contribution in [3.63, 3.8) is 0 Å². The molecule has 6 heteroatoms. The number of aryl methyl sites for hydroxylation is 2. The minimum Gasteiger partial charge on any atom is -0.325 e. The number of carbonyl (C=O) groups is 2. The van der Waals surface area contributed by atoms with Crippen LogP contribution in [0.25, 0.3) is 0 Å². The van der Waals surface area contributed by atoms with Crippen molar-refractivity contribution < 1.29 is 14.0 Å². The van der Waals surface area contributed by atoms with Gasteiger partial charge in [0.25, 0.3) is 0 Å². The lowest BCUT2D eigenvalue weighted by molar-refractivity contribution is -0.120. The first-order valence-corrected chi connectivity index (χ1v) is 7.76. The molecule has 1 N–H and O–H groups in total. The fourth-order valence-corrected chi connectivity index (χ4v) is 2.38. The Hall–Kier alpha value is -2.40. The summed E-state index contributed by atoms with van der Waals surface area (Å²) in [6.07, 6.45) is 0. The summed E-state index contributed by atoms with van der Waals surface area (Å²) in [5.41, 5.74) is 3.20. The second-order valence-electron chi connectivity index (χ2n) is 5.55. The number of carbonyl (C=O) groups excluding carboxylic acids is 2. The van der Waals surface area contributed by atoms with E-state index in [0.717, 1.165) is 17.2 Å². The number of amides is 2. The van der Waals surface area contributed by atoms with Crippen LogP contribution in [0.5, 0.6) is 0 Å². The summed E-state index contributed by atoms with van der Waals surface area (Å²) in [6, 6.07) is 9.46. The standard InChI is InChI=1S/C18H18ClFN2O2/c1-11-4-5-14(8-12(11)2)21-18(24)10-22(13(3)23)15-6-7-17(20)16(19)9-15/h4-9H,10H2,1-3H3,(H,21,24). The Morgan fingerprint density at radius 1 is 1.12 bits per heavy atom. The van der Waals surface area contributed by atoms with E-state index in [2.05, 4.69) is 5.32 Å². The molecule has 0 saturated carbocycles. The predicted molar refractivity (Wildman–Crippen MR) is 94.0 cm³/mol. The lowest BCUT2D eigenvalue weighted by Gasteiger charge is -2.21. The highest BCUT2D eigenvalue weighted by Gasteiger charge is 2.17. The van der Waals surface area contributed by atoms with Gasteiger partial charge < -0.3 is 10.2 Å². The first kappa shape index (κ1) is 17.9. The summed E-state index contributed by atoms with van der Waals surface area (Å²) >= 11 is 5.75. The minimum atomic E-state index is -0.580. The highest BCUT2D eigenvalue weighted by Crippen LogP contribution is 2.23. The van der Waals surface area contributed by atoms with E-state index in [1.807, 2.05) is 26.0 Å². The van der Waals surface area contributed by atoms with Gasteiger partial charge in [-0.2, -0.15) is 0 Å². The van der Waals surface area contributed by atoms with Crippen LogP contribution in [0, 0.1) is 19.7 Å². The van der Waals surface area contributed by atoms with Gasteiger partial charge in [-0.15, -0.1) is 0 Å². The Balaban J connectivity index is 2.15. The van der Waals surface area contributed by atoms with Crippen molar-refractivity contribution in [2.24, 2.45) is 0 Å². The molecule has 0 aliphatic carbocycles. The Morgan fingerprint density at radius 3 is 2.42 bits per heavy atom. The van der Waals surface area contributed by atoms with Crippen LogP contribution in [0.2, 0.25) is 5.02 Å². The van der Waals surface area contributed by atoms with Gasteiger partial charge in [-0.25, -0.2) is 4.39 Å². The monoisotopic (exact) mass is 348 g/mol. The molecule has 0 unspecified atom stereocenters. The Labute approximate surface area is 145 Å². The van der Waals surface area contributed by atoms with Gasteiger partial charge in [0.15, 0.2) is 0 Å². The maximum Gasteiger partial charge on any atom is 0.244 e.